The molecule has 0 radical (unpaired) electrons. The van der Waals surface area contributed by atoms with E-state index in [0.29, 0.717) is 18.7 Å². The molecule has 8 heteroatoms. The van der Waals surface area contributed by atoms with Crippen molar-refractivity contribution in [2.45, 2.75) is 24.8 Å². The molecule has 0 saturated carbocycles. The van der Waals surface area contributed by atoms with Gasteiger partial charge in [0.2, 0.25) is 15.6 Å². The Bertz CT molecular complexity index is 777. The lowest BCUT2D eigenvalue weighted by molar-refractivity contribution is 0.566. The van der Waals surface area contributed by atoms with Crippen LogP contribution >= 0.6 is 0 Å². The molecule has 2 aromatic rings. The number of nitrogens with zero attached hydrogens (tertiary/aromatic N) is 3. The van der Waals surface area contributed by atoms with Crippen molar-refractivity contribution in [2.75, 3.05) is 6.54 Å². The van der Waals surface area contributed by atoms with Gasteiger partial charge in [-0.05, 0) is 19.4 Å². The molecule has 0 aromatic carbocycles. The molecule has 2 rings (SSSR count). The zero-order chi connectivity index (χ0) is 15.5. The molecule has 0 amide bonds. The number of hydrogen-bond donors (Lipinski definition) is 1. The molecule has 7 nitrogen and oxygen atoms in total. The third kappa shape index (κ3) is 3.59. The number of rotatable bonds is 6. The van der Waals surface area contributed by atoms with Crippen molar-refractivity contribution in [3.63, 3.8) is 0 Å². The Morgan fingerprint density at radius 3 is 2.71 bits per heavy atom. The lowest BCUT2D eigenvalue weighted by atomic mass is 10.4. The monoisotopic (exact) mass is 310 g/mol. The van der Waals surface area contributed by atoms with Gasteiger partial charge in [-0.25, -0.2) is 13.1 Å². The van der Waals surface area contributed by atoms with Crippen LogP contribution in [-0.4, -0.2) is 29.3 Å². The fourth-order valence-corrected chi connectivity index (χ4v) is 3.20. The third-order valence-electron chi connectivity index (χ3n) is 3.25. The van der Waals surface area contributed by atoms with Gasteiger partial charge in [-0.2, -0.15) is 5.10 Å². The molecule has 114 valence electrons. The highest BCUT2D eigenvalue weighted by atomic mass is 32.2. The maximum atomic E-state index is 12.1. The second-order valence-electron chi connectivity index (χ2n) is 4.70. The summed E-state index contributed by atoms with van der Waals surface area (Å²) >= 11 is 0. The van der Waals surface area contributed by atoms with E-state index in [1.54, 1.807) is 36.9 Å². The zero-order valence-corrected chi connectivity index (χ0v) is 12.8. The van der Waals surface area contributed by atoms with E-state index in [0.717, 1.165) is 0 Å². The smallest absolute Gasteiger partial charge is 0.250 e. The number of aromatic nitrogens is 3. The molecule has 0 unspecified atom stereocenters. The van der Waals surface area contributed by atoms with E-state index >= 15 is 0 Å². The van der Waals surface area contributed by atoms with E-state index in [4.69, 9.17) is 0 Å². The lowest BCUT2D eigenvalue weighted by Crippen LogP contribution is -2.27. The second kappa shape index (κ2) is 6.23. The highest BCUT2D eigenvalue weighted by Gasteiger charge is 2.19. The van der Waals surface area contributed by atoms with Gasteiger partial charge in [-0.15, -0.1) is 0 Å². The summed E-state index contributed by atoms with van der Waals surface area (Å²) in [6.07, 6.45) is 3.55. The minimum Gasteiger partial charge on any atom is -0.315 e. The average Bonchev–Trinajstić information content (AvgIpc) is 2.77. The van der Waals surface area contributed by atoms with Crippen molar-refractivity contribution in [1.82, 2.24) is 19.1 Å². The van der Waals surface area contributed by atoms with Gasteiger partial charge in [0.05, 0.1) is 11.9 Å². The summed E-state index contributed by atoms with van der Waals surface area (Å²) in [6.45, 7) is 2.43. The summed E-state index contributed by atoms with van der Waals surface area (Å²) in [4.78, 5) is 11.7. The number of pyridine rings is 1. The summed E-state index contributed by atoms with van der Waals surface area (Å²) in [5.74, 6) is 0. The van der Waals surface area contributed by atoms with E-state index in [1.807, 2.05) is 0 Å². The summed E-state index contributed by atoms with van der Waals surface area (Å²) in [5.41, 5.74) is 0.491. The number of nitrogens with one attached hydrogen (secondary N) is 1. The molecule has 0 spiro atoms. The normalized spacial score (nSPS) is 11.7. The van der Waals surface area contributed by atoms with E-state index in [9.17, 15) is 13.2 Å². The Balaban J connectivity index is 1.93. The average molecular weight is 310 g/mol. The van der Waals surface area contributed by atoms with Crippen molar-refractivity contribution in [2.24, 2.45) is 7.05 Å². The van der Waals surface area contributed by atoms with Crippen molar-refractivity contribution in [3.05, 3.63) is 46.6 Å². The first kappa shape index (κ1) is 15.5. The quantitative estimate of drug-likeness (QED) is 0.775. The van der Waals surface area contributed by atoms with Crippen LogP contribution in [0.2, 0.25) is 0 Å². The maximum absolute atomic E-state index is 12.1. The second-order valence-corrected chi connectivity index (χ2v) is 6.44. The summed E-state index contributed by atoms with van der Waals surface area (Å²) in [5, 5.41) is 3.92. The van der Waals surface area contributed by atoms with Gasteiger partial charge in [-0.1, -0.05) is 6.07 Å². The van der Waals surface area contributed by atoms with Crippen LogP contribution in [0.1, 0.15) is 12.1 Å². The van der Waals surface area contributed by atoms with Gasteiger partial charge >= 0.3 is 0 Å². The molecule has 21 heavy (non-hydrogen) atoms. The van der Waals surface area contributed by atoms with Crippen LogP contribution in [0.3, 0.4) is 0 Å². The van der Waals surface area contributed by atoms with Crippen LogP contribution < -0.4 is 10.3 Å². The van der Waals surface area contributed by atoms with E-state index in [2.05, 4.69) is 9.82 Å². The van der Waals surface area contributed by atoms with Crippen LogP contribution in [0.5, 0.6) is 0 Å². The van der Waals surface area contributed by atoms with Gasteiger partial charge in [-0.3, -0.25) is 9.48 Å². The molecule has 0 aliphatic rings. The standard InChI is InChI=1S/C13H18N4O3S/c1-11-12(10-14-16(11)2)21(19,20)15-7-5-9-17-8-4-3-6-13(17)18/h3-4,6,8,10,15H,5,7,9H2,1-2H3. The number of hydrogen-bond acceptors (Lipinski definition) is 4. The molecule has 0 aliphatic heterocycles. The van der Waals surface area contributed by atoms with Gasteiger partial charge < -0.3 is 4.57 Å². The number of aryl methyl sites for hydroxylation is 2. The van der Waals surface area contributed by atoms with Gasteiger partial charge in [0.25, 0.3) is 0 Å². The highest BCUT2D eigenvalue weighted by molar-refractivity contribution is 7.89. The van der Waals surface area contributed by atoms with Crippen molar-refractivity contribution in [3.8, 4) is 0 Å². The summed E-state index contributed by atoms with van der Waals surface area (Å²) < 4.78 is 29.8. The van der Waals surface area contributed by atoms with Gasteiger partial charge in [0, 0.05) is 32.4 Å². The Morgan fingerprint density at radius 2 is 2.10 bits per heavy atom. The third-order valence-corrected chi connectivity index (χ3v) is 4.81. The molecule has 1 N–H and O–H groups in total. The van der Waals surface area contributed by atoms with Gasteiger partial charge in [0.1, 0.15) is 4.90 Å². The van der Waals surface area contributed by atoms with Crippen LogP contribution in [-0.2, 0) is 23.6 Å². The van der Waals surface area contributed by atoms with Crippen LogP contribution in [0, 0.1) is 6.92 Å². The first-order valence-corrected chi connectivity index (χ1v) is 8.04. The number of sulfonamides is 1. The van der Waals surface area contributed by atoms with Crippen LogP contribution in [0.25, 0.3) is 0 Å². The predicted octanol–water partition coefficient (Wildman–Crippen LogP) is 0.259. The van der Waals surface area contributed by atoms with Crippen molar-refractivity contribution in [1.29, 1.82) is 0 Å². The minimum absolute atomic E-state index is 0.0940. The maximum Gasteiger partial charge on any atom is 0.250 e. The van der Waals surface area contributed by atoms with Crippen LogP contribution in [0.4, 0.5) is 0 Å². The molecule has 0 fully saturated rings. The Labute approximate surface area is 123 Å². The van der Waals surface area contributed by atoms with Crippen molar-refractivity contribution < 1.29 is 8.42 Å². The fraction of sp³-hybridized carbons (Fsp3) is 0.385. The Morgan fingerprint density at radius 1 is 1.33 bits per heavy atom. The largest absolute Gasteiger partial charge is 0.315 e. The minimum atomic E-state index is -3.56. The van der Waals surface area contributed by atoms with E-state index in [1.165, 1.54) is 16.9 Å². The van der Waals surface area contributed by atoms with Crippen LogP contribution in [0.15, 0.2) is 40.3 Å². The Hall–Kier alpha value is -1.93. The van der Waals surface area contributed by atoms with Gasteiger partial charge in [0.15, 0.2) is 0 Å². The molecule has 0 aliphatic carbocycles. The van der Waals surface area contributed by atoms with Crippen molar-refractivity contribution >= 4 is 10.0 Å². The lowest BCUT2D eigenvalue weighted by Gasteiger charge is -2.07. The molecule has 0 saturated heterocycles. The highest BCUT2D eigenvalue weighted by Crippen LogP contribution is 2.12. The summed E-state index contributed by atoms with van der Waals surface area (Å²) in [7, 11) is -1.86. The molecular weight excluding hydrogens is 292 g/mol. The molecular formula is C13H18N4O3S. The molecule has 0 atom stereocenters. The topological polar surface area (TPSA) is 86.0 Å². The predicted molar refractivity (Wildman–Crippen MR) is 78.5 cm³/mol. The zero-order valence-electron chi connectivity index (χ0n) is 12.0. The Kier molecular flexibility index (Phi) is 4.59. The molecule has 2 heterocycles. The molecule has 2 aromatic heterocycles. The van der Waals surface area contributed by atoms with E-state index < -0.39 is 10.0 Å². The first-order chi connectivity index (χ1) is 9.92. The SMILES string of the molecule is Cc1c(S(=O)(=O)NCCCn2ccccc2=O)cnn1C. The molecule has 0 bridgehead atoms. The first-order valence-electron chi connectivity index (χ1n) is 6.55. The summed E-state index contributed by atoms with van der Waals surface area (Å²) in [6, 6.07) is 4.92. The fourth-order valence-electron chi connectivity index (χ4n) is 1.92. The van der Waals surface area contributed by atoms with E-state index in [-0.39, 0.29) is 17.0 Å².